The Labute approximate surface area is 125 Å². The summed E-state index contributed by atoms with van der Waals surface area (Å²) in [6, 6.07) is 10.2. The minimum absolute atomic E-state index is 0.0608. The third kappa shape index (κ3) is 3.70. The van der Waals surface area contributed by atoms with Gasteiger partial charge in [-0.1, -0.05) is 6.07 Å². The Bertz CT molecular complexity index is 713. The van der Waals surface area contributed by atoms with Gasteiger partial charge in [-0.25, -0.2) is 4.98 Å². The number of pyridine rings is 1. The number of aromatic nitrogens is 1. The molecule has 1 aromatic carbocycles. The molecule has 0 fully saturated rings. The maximum atomic E-state index is 11.0. The maximum absolute atomic E-state index is 11.0. The number of rotatable bonds is 5. The average molecular weight is 301 g/mol. The van der Waals surface area contributed by atoms with E-state index in [-0.39, 0.29) is 11.4 Å². The summed E-state index contributed by atoms with van der Waals surface area (Å²) in [7, 11) is 1.40. The Balaban J connectivity index is 2.15. The molecule has 6 nitrogen and oxygen atoms in total. The zero-order chi connectivity index (χ0) is 15.2. The second-order valence-corrected chi connectivity index (χ2v) is 5.04. The molecular weight excluding hydrogens is 290 g/mol. The molecule has 0 unspecified atom stereocenters. The van der Waals surface area contributed by atoms with Crippen molar-refractivity contribution in [2.75, 3.05) is 7.11 Å². The maximum Gasteiger partial charge on any atom is 0.311 e. The van der Waals surface area contributed by atoms with Crippen molar-refractivity contribution in [2.45, 2.75) is 10.8 Å². The van der Waals surface area contributed by atoms with Gasteiger partial charge in [-0.2, -0.15) is 5.26 Å². The normalized spacial score (nSPS) is 9.90. The molecule has 21 heavy (non-hydrogen) atoms. The summed E-state index contributed by atoms with van der Waals surface area (Å²) >= 11 is 1.41. The molecular formula is C14H11N3O3S. The first-order valence-corrected chi connectivity index (χ1v) is 6.93. The van der Waals surface area contributed by atoms with Crippen LogP contribution in [0.3, 0.4) is 0 Å². The number of ether oxygens (including phenoxy) is 1. The van der Waals surface area contributed by atoms with E-state index in [0.29, 0.717) is 16.3 Å². The molecule has 0 bridgehead atoms. The number of hydrogen-bond acceptors (Lipinski definition) is 6. The van der Waals surface area contributed by atoms with Gasteiger partial charge in [0, 0.05) is 18.0 Å². The topological polar surface area (TPSA) is 89.0 Å². The first kappa shape index (κ1) is 14.8. The van der Waals surface area contributed by atoms with E-state index in [1.807, 2.05) is 6.07 Å². The van der Waals surface area contributed by atoms with Crippen molar-refractivity contribution >= 4 is 17.4 Å². The fourth-order valence-electron chi connectivity index (χ4n) is 1.68. The van der Waals surface area contributed by atoms with Gasteiger partial charge in [0.15, 0.2) is 5.75 Å². The fraction of sp³-hybridized carbons (Fsp3) is 0.143. The zero-order valence-corrected chi connectivity index (χ0v) is 12.0. The van der Waals surface area contributed by atoms with Crippen molar-refractivity contribution in [3.8, 4) is 11.8 Å². The van der Waals surface area contributed by atoms with Crippen LogP contribution in [0.15, 0.2) is 41.6 Å². The number of nitriles is 1. The minimum atomic E-state index is -0.471. The van der Waals surface area contributed by atoms with E-state index < -0.39 is 4.92 Å². The summed E-state index contributed by atoms with van der Waals surface area (Å²) in [5, 5.41) is 20.5. The molecule has 0 saturated carbocycles. The average Bonchev–Trinajstić information content (AvgIpc) is 2.52. The Morgan fingerprint density at radius 1 is 1.43 bits per heavy atom. The molecule has 0 saturated heterocycles. The summed E-state index contributed by atoms with van der Waals surface area (Å²) in [6.07, 6.45) is 1.57. The summed E-state index contributed by atoms with van der Waals surface area (Å²) in [5.41, 5.74) is 1.26. The van der Waals surface area contributed by atoms with Crippen LogP contribution in [0.25, 0.3) is 0 Å². The SMILES string of the molecule is COc1ccc(CSc2cc(C#N)ccn2)cc1[N+](=O)[O-]. The van der Waals surface area contributed by atoms with Crippen molar-refractivity contribution in [1.82, 2.24) is 4.98 Å². The number of methoxy groups -OCH3 is 1. The van der Waals surface area contributed by atoms with Crippen molar-refractivity contribution in [2.24, 2.45) is 0 Å². The van der Waals surface area contributed by atoms with Crippen LogP contribution in [0.2, 0.25) is 0 Å². The summed E-state index contributed by atoms with van der Waals surface area (Å²) in [5.74, 6) is 0.755. The third-order valence-electron chi connectivity index (χ3n) is 2.69. The molecule has 0 radical (unpaired) electrons. The lowest BCUT2D eigenvalue weighted by Gasteiger charge is -2.05. The van der Waals surface area contributed by atoms with Crippen LogP contribution in [0.5, 0.6) is 5.75 Å². The molecule has 2 aromatic rings. The Hall–Kier alpha value is -2.59. The van der Waals surface area contributed by atoms with Gasteiger partial charge in [-0.15, -0.1) is 11.8 Å². The van der Waals surface area contributed by atoms with E-state index in [4.69, 9.17) is 10.00 Å². The highest BCUT2D eigenvalue weighted by molar-refractivity contribution is 7.98. The van der Waals surface area contributed by atoms with E-state index in [2.05, 4.69) is 4.98 Å². The standard InChI is InChI=1S/C14H11N3O3S/c1-20-13-3-2-11(6-12(13)17(18)19)9-21-14-7-10(8-15)4-5-16-14/h2-7H,9H2,1H3. The Morgan fingerprint density at radius 2 is 2.24 bits per heavy atom. The quantitative estimate of drug-likeness (QED) is 0.479. The molecule has 0 atom stereocenters. The predicted molar refractivity (Wildman–Crippen MR) is 78.2 cm³/mol. The predicted octanol–water partition coefficient (Wildman–Crippen LogP) is 3.16. The molecule has 0 amide bonds. The molecule has 0 aliphatic heterocycles. The van der Waals surface area contributed by atoms with Crippen molar-refractivity contribution in [3.63, 3.8) is 0 Å². The zero-order valence-electron chi connectivity index (χ0n) is 11.1. The first-order valence-electron chi connectivity index (χ1n) is 5.94. The van der Waals surface area contributed by atoms with Crippen LogP contribution in [0.1, 0.15) is 11.1 Å². The molecule has 0 aliphatic rings. The Morgan fingerprint density at radius 3 is 2.90 bits per heavy atom. The summed E-state index contributed by atoms with van der Waals surface area (Å²) in [6.45, 7) is 0. The fourth-order valence-corrected chi connectivity index (χ4v) is 2.52. The molecule has 2 rings (SSSR count). The van der Waals surface area contributed by atoms with Gasteiger partial charge in [0.2, 0.25) is 0 Å². The van der Waals surface area contributed by atoms with E-state index in [1.165, 1.54) is 24.9 Å². The van der Waals surface area contributed by atoms with Gasteiger partial charge in [0.1, 0.15) is 0 Å². The molecule has 0 N–H and O–H groups in total. The van der Waals surface area contributed by atoms with Gasteiger partial charge < -0.3 is 4.74 Å². The number of thioether (sulfide) groups is 1. The number of nitrogens with zero attached hydrogens (tertiary/aromatic N) is 3. The molecule has 0 aliphatic carbocycles. The second-order valence-electron chi connectivity index (χ2n) is 4.05. The van der Waals surface area contributed by atoms with E-state index >= 15 is 0 Å². The monoisotopic (exact) mass is 301 g/mol. The largest absolute Gasteiger partial charge is 0.490 e. The lowest BCUT2D eigenvalue weighted by atomic mass is 10.2. The van der Waals surface area contributed by atoms with Crippen molar-refractivity contribution in [3.05, 3.63) is 57.8 Å². The van der Waals surface area contributed by atoms with Crippen LogP contribution >= 0.6 is 11.8 Å². The second kappa shape index (κ2) is 6.72. The highest BCUT2D eigenvalue weighted by Gasteiger charge is 2.15. The van der Waals surface area contributed by atoms with Gasteiger partial charge in [0.05, 0.1) is 28.7 Å². The van der Waals surface area contributed by atoms with Gasteiger partial charge in [-0.05, 0) is 23.8 Å². The first-order chi connectivity index (χ1) is 10.1. The number of benzene rings is 1. The third-order valence-corrected chi connectivity index (χ3v) is 3.69. The van der Waals surface area contributed by atoms with E-state index in [1.54, 1.807) is 30.5 Å². The van der Waals surface area contributed by atoms with Crippen molar-refractivity contribution < 1.29 is 9.66 Å². The molecule has 1 aromatic heterocycles. The van der Waals surface area contributed by atoms with Crippen LogP contribution in [0.4, 0.5) is 5.69 Å². The lowest BCUT2D eigenvalue weighted by molar-refractivity contribution is -0.385. The number of hydrogen-bond donors (Lipinski definition) is 0. The highest BCUT2D eigenvalue weighted by Crippen LogP contribution is 2.30. The molecule has 7 heteroatoms. The van der Waals surface area contributed by atoms with Gasteiger partial charge in [-0.3, -0.25) is 10.1 Å². The van der Waals surface area contributed by atoms with E-state index in [0.717, 1.165) is 5.56 Å². The summed E-state index contributed by atoms with van der Waals surface area (Å²) < 4.78 is 4.96. The lowest BCUT2D eigenvalue weighted by Crippen LogP contribution is -1.95. The number of nitro benzene ring substituents is 1. The van der Waals surface area contributed by atoms with E-state index in [9.17, 15) is 10.1 Å². The molecule has 0 spiro atoms. The number of nitro groups is 1. The smallest absolute Gasteiger partial charge is 0.311 e. The molecule has 1 heterocycles. The van der Waals surface area contributed by atoms with Crippen LogP contribution in [-0.4, -0.2) is 17.0 Å². The van der Waals surface area contributed by atoms with Crippen LogP contribution < -0.4 is 4.74 Å². The highest BCUT2D eigenvalue weighted by atomic mass is 32.2. The van der Waals surface area contributed by atoms with Gasteiger partial charge >= 0.3 is 5.69 Å². The molecule has 106 valence electrons. The minimum Gasteiger partial charge on any atom is -0.490 e. The van der Waals surface area contributed by atoms with Crippen LogP contribution in [0, 0.1) is 21.4 Å². The Kier molecular flexibility index (Phi) is 4.74. The summed E-state index contributed by atoms with van der Waals surface area (Å²) in [4.78, 5) is 14.6. The van der Waals surface area contributed by atoms with Crippen LogP contribution in [-0.2, 0) is 5.75 Å². The van der Waals surface area contributed by atoms with Gasteiger partial charge in [0.25, 0.3) is 0 Å². The van der Waals surface area contributed by atoms with Crippen molar-refractivity contribution in [1.29, 1.82) is 5.26 Å².